The second-order valence-corrected chi connectivity index (χ2v) is 6.48. The molecule has 0 bridgehead atoms. The number of rotatable bonds is 3. The van der Waals surface area contributed by atoms with Crippen LogP contribution in [0.25, 0.3) is 0 Å². The Morgan fingerprint density at radius 3 is 2.52 bits per heavy atom. The molecule has 2 aromatic rings. The summed E-state index contributed by atoms with van der Waals surface area (Å²) in [5.41, 5.74) is 0.592. The van der Waals surface area contributed by atoms with E-state index in [-0.39, 0.29) is 10.7 Å². The zero-order valence-electron chi connectivity index (χ0n) is 13.1. The van der Waals surface area contributed by atoms with Gasteiger partial charge in [-0.05, 0) is 36.0 Å². The van der Waals surface area contributed by atoms with Gasteiger partial charge in [0.15, 0.2) is 5.11 Å². The number of halogens is 4. The molecule has 0 aliphatic carbocycles. The first-order chi connectivity index (χ1) is 11.8. The number of alkyl halides is 3. The minimum absolute atomic E-state index is 0.221. The lowest BCUT2D eigenvalue weighted by atomic mass is 10.1. The second kappa shape index (κ2) is 7.19. The van der Waals surface area contributed by atoms with Crippen molar-refractivity contribution in [1.82, 2.24) is 10.2 Å². The Labute approximate surface area is 154 Å². The summed E-state index contributed by atoms with van der Waals surface area (Å²) in [6, 6.07) is 13.1. The van der Waals surface area contributed by atoms with E-state index in [0.29, 0.717) is 25.0 Å². The fourth-order valence-electron chi connectivity index (χ4n) is 2.62. The van der Waals surface area contributed by atoms with E-state index < -0.39 is 11.7 Å². The van der Waals surface area contributed by atoms with Crippen LogP contribution in [-0.4, -0.2) is 23.3 Å². The van der Waals surface area contributed by atoms with E-state index in [9.17, 15) is 13.2 Å². The molecule has 0 unspecified atom stereocenters. The molecule has 1 aliphatic rings. The van der Waals surface area contributed by atoms with Crippen molar-refractivity contribution >= 4 is 34.6 Å². The summed E-state index contributed by atoms with van der Waals surface area (Å²) in [5, 5.41) is 3.60. The predicted molar refractivity (Wildman–Crippen MR) is 96.4 cm³/mol. The van der Waals surface area contributed by atoms with E-state index in [4.69, 9.17) is 23.8 Å². The zero-order valence-corrected chi connectivity index (χ0v) is 14.6. The molecule has 8 heteroatoms. The molecule has 0 spiro atoms. The number of hydrogen-bond donors (Lipinski definition) is 1. The molecule has 0 radical (unpaired) electrons. The summed E-state index contributed by atoms with van der Waals surface area (Å²) in [5.74, 6) is 0. The summed E-state index contributed by atoms with van der Waals surface area (Å²) in [7, 11) is 0. The maximum atomic E-state index is 13.0. The zero-order chi connectivity index (χ0) is 18.0. The number of anilines is 1. The smallest absolute Gasteiger partial charge is 0.349 e. The van der Waals surface area contributed by atoms with Gasteiger partial charge in [0.05, 0.1) is 29.6 Å². The summed E-state index contributed by atoms with van der Waals surface area (Å²) in [6.45, 7) is 1.51. The summed E-state index contributed by atoms with van der Waals surface area (Å²) in [6.07, 6.45) is -4.44. The highest BCUT2D eigenvalue weighted by atomic mass is 35.5. The van der Waals surface area contributed by atoms with Crippen LogP contribution in [0.1, 0.15) is 11.1 Å². The van der Waals surface area contributed by atoms with Crippen molar-refractivity contribution in [3.05, 3.63) is 64.7 Å². The van der Waals surface area contributed by atoms with Crippen LogP contribution in [0.5, 0.6) is 0 Å². The molecule has 1 N–H and O–H groups in total. The standard InChI is InChI=1S/C17H15ClF3N3S/c18-14-7-6-13(17(19,20)21)8-15(14)24-11-23(10-22-16(24)25)9-12-4-2-1-3-5-12/h1-8H,9-11H2,(H,22,25). The molecule has 3 rings (SSSR count). The number of thiocarbonyl (C=S) groups is 1. The van der Waals surface area contributed by atoms with Crippen LogP contribution in [0.2, 0.25) is 5.02 Å². The van der Waals surface area contributed by atoms with Crippen molar-refractivity contribution in [3.8, 4) is 0 Å². The van der Waals surface area contributed by atoms with Gasteiger partial charge in [0.25, 0.3) is 0 Å². The Balaban J connectivity index is 1.84. The number of nitrogens with one attached hydrogen (secondary N) is 1. The quantitative estimate of drug-likeness (QED) is 0.785. The SMILES string of the molecule is FC(F)(F)c1ccc(Cl)c(N2CN(Cc3ccccc3)CNC2=S)c1. The largest absolute Gasteiger partial charge is 0.416 e. The van der Waals surface area contributed by atoms with Crippen LogP contribution in [0.4, 0.5) is 18.9 Å². The van der Waals surface area contributed by atoms with Gasteiger partial charge in [-0.2, -0.15) is 13.2 Å². The summed E-state index contributed by atoms with van der Waals surface area (Å²) < 4.78 is 39.0. The minimum Gasteiger partial charge on any atom is -0.349 e. The average Bonchev–Trinajstić information content (AvgIpc) is 2.57. The first-order valence-electron chi connectivity index (χ1n) is 7.53. The van der Waals surface area contributed by atoms with Gasteiger partial charge in [0, 0.05) is 6.54 Å². The van der Waals surface area contributed by atoms with Gasteiger partial charge < -0.3 is 10.2 Å². The second-order valence-electron chi connectivity index (χ2n) is 5.69. The average molecular weight is 386 g/mol. The molecule has 1 fully saturated rings. The maximum Gasteiger partial charge on any atom is 0.416 e. The highest BCUT2D eigenvalue weighted by molar-refractivity contribution is 7.80. The van der Waals surface area contributed by atoms with Gasteiger partial charge >= 0.3 is 6.18 Å². The topological polar surface area (TPSA) is 18.5 Å². The van der Waals surface area contributed by atoms with Crippen LogP contribution in [0, 0.1) is 0 Å². The Morgan fingerprint density at radius 1 is 1.12 bits per heavy atom. The third kappa shape index (κ3) is 4.23. The maximum absolute atomic E-state index is 13.0. The lowest BCUT2D eigenvalue weighted by molar-refractivity contribution is -0.137. The number of nitrogens with zero attached hydrogens (tertiary/aromatic N) is 2. The van der Waals surface area contributed by atoms with Gasteiger partial charge in [0.1, 0.15) is 0 Å². The lowest BCUT2D eigenvalue weighted by Crippen LogP contribution is -2.56. The first kappa shape index (κ1) is 18.0. The van der Waals surface area contributed by atoms with Crippen molar-refractivity contribution < 1.29 is 13.2 Å². The van der Waals surface area contributed by atoms with Crippen LogP contribution in [0.3, 0.4) is 0 Å². The molecule has 0 atom stereocenters. The molecular weight excluding hydrogens is 371 g/mol. The predicted octanol–water partition coefficient (Wildman–Crippen LogP) is 4.47. The monoisotopic (exact) mass is 385 g/mol. The third-order valence-corrected chi connectivity index (χ3v) is 4.54. The number of benzene rings is 2. The van der Waals surface area contributed by atoms with Gasteiger partial charge in [-0.25, -0.2) is 0 Å². The van der Waals surface area contributed by atoms with Crippen molar-refractivity contribution in [2.75, 3.05) is 18.2 Å². The Hall–Kier alpha value is -1.83. The van der Waals surface area contributed by atoms with Gasteiger partial charge in [-0.3, -0.25) is 4.90 Å². The van der Waals surface area contributed by atoms with Crippen molar-refractivity contribution in [1.29, 1.82) is 0 Å². The fourth-order valence-corrected chi connectivity index (χ4v) is 3.06. The molecular formula is C17H15ClF3N3S. The molecule has 0 aromatic heterocycles. The van der Waals surface area contributed by atoms with Crippen molar-refractivity contribution in [2.45, 2.75) is 12.7 Å². The molecule has 25 heavy (non-hydrogen) atoms. The molecule has 132 valence electrons. The van der Waals surface area contributed by atoms with Crippen LogP contribution in [0.15, 0.2) is 48.5 Å². The Bertz CT molecular complexity index is 767. The molecule has 0 amide bonds. The van der Waals surface area contributed by atoms with Gasteiger partial charge in [0.2, 0.25) is 0 Å². The van der Waals surface area contributed by atoms with E-state index in [1.807, 2.05) is 35.2 Å². The van der Waals surface area contributed by atoms with E-state index in [1.54, 1.807) is 4.90 Å². The summed E-state index contributed by atoms with van der Waals surface area (Å²) in [4.78, 5) is 3.61. The van der Waals surface area contributed by atoms with Crippen LogP contribution >= 0.6 is 23.8 Å². The fraction of sp³-hybridized carbons (Fsp3) is 0.235. The van der Waals surface area contributed by atoms with E-state index in [1.165, 1.54) is 6.07 Å². The van der Waals surface area contributed by atoms with Gasteiger partial charge in [-0.1, -0.05) is 41.9 Å². The molecule has 1 saturated heterocycles. The van der Waals surface area contributed by atoms with Gasteiger partial charge in [-0.15, -0.1) is 0 Å². The molecule has 1 heterocycles. The molecule has 1 aliphatic heterocycles. The molecule has 2 aromatic carbocycles. The number of hydrogen-bond acceptors (Lipinski definition) is 2. The lowest BCUT2D eigenvalue weighted by Gasteiger charge is -2.38. The van der Waals surface area contributed by atoms with E-state index >= 15 is 0 Å². The Kier molecular flexibility index (Phi) is 5.17. The van der Waals surface area contributed by atoms with Crippen molar-refractivity contribution in [3.63, 3.8) is 0 Å². The normalized spacial score (nSPS) is 16.0. The van der Waals surface area contributed by atoms with Crippen LogP contribution in [-0.2, 0) is 12.7 Å². The summed E-state index contributed by atoms with van der Waals surface area (Å²) >= 11 is 11.4. The first-order valence-corrected chi connectivity index (χ1v) is 8.31. The highest BCUT2D eigenvalue weighted by Gasteiger charge is 2.32. The minimum atomic E-state index is -4.44. The Morgan fingerprint density at radius 2 is 1.84 bits per heavy atom. The molecule has 3 nitrogen and oxygen atoms in total. The highest BCUT2D eigenvalue weighted by Crippen LogP contribution is 2.36. The van der Waals surface area contributed by atoms with Crippen molar-refractivity contribution in [2.24, 2.45) is 0 Å². The van der Waals surface area contributed by atoms with E-state index in [2.05, 4.69) is 5.32 Å². The van der Waals surface area contributed by atoms with E-state index in [0.717, 1.165) is 17.7 Å². The molecule has 0 saturated carbocycles. The third-order valence-electron chi connectivity index (χ3n) is 3.85. The van der Waals surface area contributed by atoms with Crippen LogP contribution < -0.4 is 10.2 Å².